The topological polar surface area (TPSA) is 0 Å². The summed E-state index contributed by atoms with van der Waals surface area (Å²) in [5.41, 5.74) is 3.18. The average Bonchev–Trinajstić information content (AvgIpc) is 2.39. The number of hydrogen-bond acceptors (Lipinski definition) is 0. The predicted molar refractivity (Wildman–Crippen MR) is 56.9 cm³/mol. The third-order valence-electron chi connectivity index (χ3n) is 3.29. The Bertz CT molecular complexity index is 299. The minimum Gasteiger partial charge on any atom is -0.0622 e. The van der Waals surface area contributed by atoms with Crippen LogP contribution >= 0.6 is 0 Å². The summed E-state index contributed by atoms with van der Waals surface area (Å²) in [6.07, 6.45) is 1.28. The Balaban J connectivity index is 2.40. The molecule has 0 heterocycles. The molecule has 0 fully saturated rings. The molecule has 0 amide bonds. The third-order valence-corrected chi connectivity index (χ3v) is 3.29. The molecule has 1 aromatic rings. The molecule has 0 spiro atoms. The maximum Gasteiger partial charge on any atom is -0.0107 e. The van der Waals surface area contributed by atoms with Gasteiger partial charge in [-0.2, -0.15) is 0 Å². The van der Waals surface area contributed by atoms with Crippen LogP contribution in [0.3, 0.4) is 0 Å². The molecule has 0 unspecified atom stereocenters. The molecule has 0 N–H and O–H groups in total. The molecule has 0 heteroatoms. The second-order valence-electron chi connectivity index (χ2n) is 4.65. The van der Waals surface area contributed by atoms with Gasteiger partial charge in [-0.15, -0.1) is 0 Å². The molecular formula is C13H18. The van der Waals surface area contributed by atoms with Gasteiger partial charge < -0.3 is 0 Å². The van der Waals surface area contributed by atoms with Crippen LogP contribution in [0.1, 0.15) is 37.8 Å². The molecular weight excluding hydrogens is 156 g/mol. The molecule has 0 saturated heterocycles. The normalized spacial score (nSPS) is 26.5. The summed E-state index contributed by atoms with van der Waals surface area (Å²) in [7, 11) is 0. The van der Waals surface area contributed by atoms with Crippen molar-refractivity contribution in [2.24, 2.45) is 11.8 Å². The summed E-state index contributed by atoms with van der Waals surface area (Å²) in [4.78, 5) is 0. The van der Waals surface area contributed by atoms with E-state index in [1.54, 1.807) is 11.1 Å². The highest BCUT2D eigenvalue weighted by Gasteiger charge is 2.30. The molecule has 0 nitrogen and oxygen atoms in total. The number of benzene rings is 1. The Labute approximate surface area is 81.0 Å². The van der Waals surface area contributed by atoms with Crippen molar-refractivity contribution in [3.8, 4) is 0 Å². The highest BCUT2D eigenvalue weighted by Crippen LogP contribution is 2.41. The Hall–Kier alpha value is -0.780. The Morgan fingerprint density at radius 3 is 2.62 bits per heavy atom. The van der Waals surface area contributed by atoms with Crippen LogP contribution in [0.4, 0.5) is 0 Å². The molecule has 1 aromatic carbocycles. The first kappa shape index (κ1) is 8.80. The van der Waals surface area contributed by atoms with Gasteiger partial charge in [0.25, 0.3) is 0 Å². The maximum absolute atomic E-state index is 2.38. The van der Waals surface area contributed by atoms with Crippen molar-refractivity contribution in [1.29, 1.82) is 0 Å². The van der Waals surface area contributed by atoms with E-state index >= 15 is 0 Å². The predicted octanol–water partition coefficient (Wildman–Crippen LogP) is 3.62. The Morgan fingerprint density at radius 2 is 1.92 bits per heavy atom. The van der Waals surface area contributed by atoms with Crippen molar-refractivity contribution in [3.63, 3.8) is 0 Å². The highest BCUT2D eigenvalue weighted by atomic mass is 14.3. The molecule has 13 heavy (non-hydrogen) atoms. The number of fused-ring (bicyclic) bond motifs is 1. The SMILES string of the molecule is CC(C)[C@H]1c2ccccc2C[C@H]1C. The van der Waals surface area contributed by atoms with Gasteiger partial charge in [-0.25, -0.2) is 0 Å². The lowest BCUT2D eigenvalue weighted by molar-refractivity contribution is 0.393. The van der Waals surface area contributed by atoms with Crippen LogP contribution in [0.15, 0.2) is 24.3 Å². The van der Waals surface area contributed by atoms with Gasteiger partial charge in [0.1, 0.15) is 0 Å². The number of rotatable bonds is 1. The summed E-state index contributed by atoms with van der Waals surface area (Å²) >= 11 is 0. The largest absolute Gasteiger partial charge is 0.0622 e. The molecule has 2 rings (SSSR count). The minimum atomic E-state index is 0.777. The van der Waals surface area contributed by atoms with Crippen LogP contribution in [-0.4, -0.2) is 0 Å². The van der Waals surface area contributed by atoms with Gasteiger partial charge in [-0.1, -0.05) is 45.0 Å². The summed E-state index contributed by atoms with van der Waals surface area (Å²) in [6.45, 7) is 7.05. The first-order valence-corrected chi connectivity index (χ1v) is 5.28. The van der Waals surface area contributed by atoms with Gasteiger partial charge in [-0.05, 0) is 35.3 Å². The summed E-state index contributed by atoms with van der Waals surface area (Å²) < 4.78 is 0. The standard InChI is InChI=1S/C13H18/c1-9(2)13-10(3)8-11-6-4-5-7-12(11)13/h4-7,9-10,13H,8H2,1-3H3/t10-,13-/m1/s1. The fraction of sp³-hybridized carbons (Fsp3) is 0.538. The second kappa shape index (κ2) is 3.17. The van der Waals surface area contributed by atoms with Gasteiger partial charge in [-0.3, -0.25) is 0 Å². The van der Waals surface area contributed by atoms with E-state index in [0.29, 0.717) is 0 Å². The average molecular weight is 174 g/mol. The van der Waals surface area contributed by atoms with E-state index in [1.165, 1.54) is 6.42 Å². The van der Waals surface area contributed by atoms with Crippen molar-refractivity contribution in [1.82, 2.24) is 0 Å². The molecule has 0 radical (unpaired) electrons. The Morgan fingerprint density at radius 1 is 1.23 bits per heavy atom. The lowest BCUT2D eigenvalue weighted by atomic mass is 9.84. The van der Waals surface area contributed by atoms with Gasteiger partial charge >= 0.3 is 0 Å². The second-order valence-corrected chi connectivity index (χ2v) is 4.65. The van der Waals surface area contributed by atoms with Crippen LogP contribution in [0, 0.1) is 11.8 Å². The Kier molecular flexibility index (Phi) is 2.15. The van der Waals surface area contributed by atoms with Crippen LogP contribution < -0.4 is 0 Å². The lowest BCUT2D eigenvalue weighted by Crippen LogP contribution is -2.10. The lowest BCUT2D eigenvalue weighted by Gasteiger charge is -2.20. The maximum atomic E-state index is 2.38. The van der Waals surface area contributed by atoms with Crippen LogP contribution in [0.5, 0.6) is 0 Å². The smallest absolute Gasteiger partial charge is 0.0107 e. The summed E-state index contributed by atoms with van der Waals surface area (Å²) in [6, 6.07) is 8.93. The van der Waals surface area contributed by atoms with E-state index in [0.717, 1.165) is 17.8 Å². The third kappa shape index (κ3) is 1.39. The molecule has 2 atom stereocenters. The van der Waals surface area contributed by atoms with Crippen molar-refractivity contribution < 1.29 is 0 Å². The van der Waals surface area contributed by atoms with Crippen LogP contribution in [0.25, 0.3) is 0 Å². The van der Waals surface area contributed by atoms with E-state index in [-0.39, 0.29) is 0 Å². The van der Waals surface area contributed by atoms with Crippen LogP contribution in [0.2, 0.25) is 0 Å². The monoisotopic (exact) mass is 174 g/mol. The summed E-state index contributed by atoms with van der Waals surface area (Å²) in [5.74, 6) is 2.40. The molecule has 0 saturated carbocycles. The van der Waals surface area contributed by atoms with E-state index in [1.807, 2.05) is 0 Å². The van der Waals surface area contributed by atoms with E-state index < -0.39 is 0 Å². The van der Waals surface area contributed by atoms with Gasteiger partial charge in [0, 0.05) is 0 Å². The molecule has 0 bridgehead atoms. The van der Waals surface area contributed by atoms with E-state index in [4.69, 9.17) is 0 Å². The first-order chi connectivity index (χ1) is 6.20. The zero-order valence-corrected chi connectivity index (χ0v) is 8.75. The molecule has 70 valence electrons. The zero-order chi connectivity index (χ0) is 9.42. The van der Waals surface area contributed by atoms with Crippen molar-refractivity contribution in [2.75, 3.05) is 0 Å². The van der Waals surface area contributed by atoms with Gasteiger partial charge in [0.2, 0.25) is 0 Å². The van der Waals surface area contributed by atoms with Crippen LogP contribution in [-0.2, 0) is 6.42 Å². The first-order valence-electron chi connectivity index (χ1n) is 5.28. The van der Waals surface area contributed by atoms with E-state index in [9.17, 15) is 0 Å². The summed E-state index contributed by atoms with van der Waals surface area (Å²) in [5, 5.41) is 0. The fourth-order valence-electron chi connectivity index (χ4n) is 2.84. The van der Waals surface area contributed by atoms with Gasteiger partial charge in [0.05, 0.1) is 0 Å². The zero-order valence-electron chi connectivity index (χ0n) is 8.75. The molecule has 0 aliphatic heterocycles. The number of hydrogen-bond donors (Lipinski definition) is 0. The van der Waals surface area contributed by atoms with Crippen molar-refractivity contribution in [3.05, 3.63) is 35.4 Å². The minimum absolute atomic E-state index is 0.777. The molecule has 0 aromatic heterocycles. The molecule has 1 aliphatic carbocycles. The highest BCUT2D eigenvalue weighted by molar-refractivity contribution is 5.36. The quantitative estimate of drug-likeness (QED) is 0.610. The fourth-order valence-corrected chi connectivity index (χ4v) is 2.84. The van der Waals surface area contributed by atoms with Crippen molar-refractivity contribution >= 4 is 0 Å². The molecule has 1 aliphatic rings. The van der Waals surface area contributed by atoms with Gasteiger partial charge in [0.15, 0.2) is 0 Å². The van der Waals surface area contributed by atoms with Crippen molar-refractivity contribution in [2.45, 2.75) is 33.1 Å². The van der Waals surface area contributed by atoms with E-state index in [2.05, 4.69) is 45.0 Å².